The van der Waals surface area contributed by atoms with Gasteiger partial charge in [-0.05, 0) is 43.0 Å². The summed E-state index contributed by atoms with van der Waals surface area (Å²) in [6.45, 7) is 2.49. The fourth-order valence-corrected chi connectivity index (χ4v) is 3.25. The molecule has 5 nitrogen and oxygen atoms in total. The number of anilines is 1. The summed E-state index contributed by atoms with van der Waals surface area (Å²) in [5.41, 5.74) is 3.02. The van der Waals surface area contributed by atoms with Crippen molar-refractivity contribution in [3.05, 3.63) is 29.3 Å². The molecule has 2 fully saturated rings. The molecule has 1 saturated heterocycles. The SMILES string of the molecule is Cl.O=C(c1ccc2c(c1)CCN2)N1CCN(C2CC2)C(=O)C1. The van der Waals surface area contributed by atoms with Crippen LogP contribution < -0.4 is 5.32 Å². The van der Waals surface area contributed by atoms with E-state index in [9.17, 15) is 9.59 Å². The van der Waals surface area contributed by atoms with Gasteiger partial charge >= 0.3 is 0 Å². The number of rotatable bonds is 2. The van der Waals surface area contributed by atoms with E-state index in [1.807, 2.05) is 23.1 Å². The van der Waals surface area contributed by atoms with Crippen molar-refractivity contribution >= 4 is 29.9 Å². The summed E-state index contributed by atoms with van der Waals surface area (Å²) in [5.74, 6) is 0.0772. The highest BCUT2D eigenvalue weighted by molar-refractivity contribution is 5.97. The van der Waals surface area contributed by atoms with E-state index < -0.39 is 0 Å². The van der Waals surface area contributed by atoms with Crippen LogP contribution in [0.3, 0.4) is 0 Å². The zero-order chi connectivity index (χ0) is 14.4. The van der Waals surface area contributed by atoms with Gasteiger partial charge in [-0.3, -0.25) is 9.59 Å². The van der Waals surface area contributed by atoms with Gasteiger partial charge in [-0.25, -0.2) is 0 Å². The van der Waals surface area contributed by atoms with Gasteiger partial charge in [0.25, 0.3) is 5.91 Å². The van der Waals surface area contributed by atoms with Crippen LogP contribution in [-0.4, -0.2) is 53.8 Å². The van der Waals surface area contributed by atoms with Gasteiger partial charge in [0, 0.05) is 36.9 Å². The fourth-order valence-electron chi connectivity index (χ4n) is 3.25. The summed E-state index contributed by atoms with van der Waals surface area (Å²) < 4.78 is 0. The van der Waals surface area contributed by atoms with Gasteiger partial charge in [-0.1, -0.05) is 0 Å². The number of amides is 2. The first-order valence-corrected chi connectivity index (χ1v) is 7.68. The van der Waals surface area contributed by atoms with Crippen LogP contribution in [-0.2, 0) is 11.2 Å². The third kappa shape index (κ3) is 2.65. The molecule has 1 aromatic carbocycles. The first-order valence-electron chi connectivity index (χ1n) is 7.68. The Morgan fingerprint density at radius 2 is 2.05 bits per heavy atom. The summed E-state index contributed by atoms with van der Waals surface area (Å²) in [6, 6.07) is 6.24. The number of fused-ring (bicyclic) bond motifs is 1. The molecule has 1 saturated carbocycles. The molecule has 0 atom stereocenters. The van der Waals surface area contributed by atoms with E-state index in [0.29, 0.717) is 24.7 Å². The Labute approximate surface area is 136 Å². The van der Waals surface area contributed by atoms with E-state index in [1.54, 1.807) is 4.90 Å². The van der Waals surface area contributed by atoms with E-state index in [-0.39, 0.29) is 30.8 Å². The maximum Gasteiger partial charge on any atom is 0.254 e. The van der Waals surface area contributed by atoms with Crippen LogP contribution in [0.25, 0.3) is 0 Å². The predicted molar refractivity (Wildman–Crippen MR) is 86.5 cm³/mol. The van der Waals surface area contributed by atoms with Crippen LogP contribution in [0.1, 0.15) is 28.8 Å². The monoisotopic (exact) mass is 321 g/mol. The zero-order valence-electron chi connectivity index (χ0n) is 12.4. The van der Waals surface area contributed by atoms with Gasteiger partial charge in [0.05, 0.1) is 0 Å². The molecule has 2 heterocycles. The number of carbonyl (C=O) groups is 2. The number of halogens is 1. The Bertz CT molecular complexity index is 615. The Hall–Kier alpha value is -1.75. The molecule has 4 rings (SSSR count). The predicted octanol–water partition coefficient (Wildman–Crippen LogP) is 1.52. The van der Waals surface area contributed by atoms with Crippen LogP contribution in [0.15, 0.2) is 18.2 Å². The molecular weight excluding hydrogens is 302 g/mol. The average Bonchev–Trinajstić information content (AvgIpc) is 3.23. The largest absolute Gasteiger partial charge is 0.384 e. The highest BCUT2D eigenvalue weighted by atomic mass is 35.5. The van der Waals surface area contributed by atoms with Gasteiger partial charge in [0.2, 0.25) is 5.91 Å². The van der Waals surface area contributed by atoms with E-state index in [4.69, 9.17) is 0 Å². The van der Waals surface area contributed by atoms with Crippen molar-refractivity contribution in [2.75, 3.05) is 31.5 Å². The Kier molecular flexibility index (Phi) is 4.00. The van der Waals surface area contributed by atoms with Gasteiger partial charge in [-0.2, -0.15) is 0 Å². The van der Waals surface area contributed by atoms with Gasteiger partial charge in [0.1, 0.15) is 6.54 Å². The molecule has 22 heavy (non-hydrogen) atoms. The second kappa shape index (κ2) is 5.80. The second-order valence-electron chi connectivity index (χ2n) is 6.09. The van der Waals surface area contributed by atoms with Crippen molar-refractivity contribution in [3.8, 4) is 0 Å². The number of hydrogen-bond donors (Lipinski definition) is 1. The van der Waals surface area contributed by atoms with Crippen molar-refractivity contribution in [2.45, 2.75) is 25.3 Å². The molecule has 6 heteroatoms. The molecule has 2 aliphatic heterocycles. The summed E-state index contributed by atoms with van der Waals surface area (Å²) >= 11 is 0. The Morgan fingerprint density at radius 3 is 2.77 bits per heavy atom. The zero-order valence-corrected chi connectivity index (χ0v) is 13.2. The maximum absolute atomic E-state index is 12.6. The molecule has 0 spiro atoms. The first-order chi connectivity index (χ1) is 10.2. The number of nitrogens with one attached hydrogen (secondary N) is 1. The number of hydrogen-bond acceptors (Lipinski definition) is 3. The smallest absolute Gasteiger partial charge is 0.254 e. The topological polar surface area (TPSA) is 52.7 Å². The van der Waals surface area contributed by atoms with Crippen LogP contribution in [0.2, 0.25) is 0 Å². The molecule has 2 amide bonds. The van der Waals surface area contributed by atoms with Crippen molar-refractivity contribution in [1.29, 1.82) is 0 Å². The van der Waals surface area contributed by atoms with Crippen molar-refractivity contribution in [2.24, 2.45) is 0 Å². The van der Waals surface area contributed by atoms with Crippen molar-refractivity contribution in [3.63, 3.8) is 0 Å². The molecule has 0 aromatic heterocycles. The summed E-state index contributed by atoms with van der Waals surface area (Å²) in [5, 5.41) is 3.29. The fraction of sp³-hybridized carbons (Fsp3) is 0.500. The minimum Gasteiger partial charge on any atom is -0.384 e. The van der Waals surface area contributed by atoms with Gasteiger partial charge < -0.3 is 15.1 Å². The standard InChI is InChI=1S/C16H19N3O2.ClH/c20-15-10-18(7-8-19(15)13-2-3-13)16(21)12-1-4-14-11(9-12)5-6-17-14;/h1,4,9,13,17H,2-3,5-8,10H2;1H. The van der Waals surface area contributed by atoms with Crippen LogP contribution in [0.4, 0.5) is 5.69 Å². The molecule has 0 unspecified atom stereocenters. The van der Waals surface area contributed by atoms with E-state index >= 15 is 0 Å². The first kappa shape index (κ1) is 15.2. The van der Waals surface area contributed by atoms with E-state index in [1.165, 1.54) is 5.56 Å². The lowest BCUT2D eigenvalue weighted by atomic mass is 10.1. The third-order valence-electron chi connectivity index (χ3n) is 4.59. The van der Waals surface area contributed by atoms with Gasteiger partial charge in [0.15, 0.2) is 0 Å². The molecule has 1 aliphatic carbocycles. The van der Waals surface area contributed by atoms with Crippen LogP contribution >= 0.6 is 12.4 Å². The quantitative estimate of drug-likeness (QED) is 0.898. The Balaban J connectivity index is 0.00000144. The van der Waals surface area contributed by atoms with E-state index in [0.717, 1.165) is 31.5 Å². The summed E-state index contributed by atoms with van der Waals surface area (Å²) in [7, 11) is 0. The number of benzene rings is 1. The lowest BCUT2D eigenvalue weighted by Gasteiger charge is -2.34. The minimum absolute atomic E-state index is 0. The number of piperazine rings is 1. The molecule has 118 valence electrons. The molecule has 1 N–H and O–H groups in total. The molecule has 1 aromatic rings. The number of nitrogens with zero attached hydrogens (tertiary/aromatic N) is 2. The normalized spacial score (nSPS) is 20.3. The van der Waals surface area contributed by atoms with Crippen LogP contribution in [0, 0.1) is 0 Å². The average molecular weight is 322 g/mol. The lowest BCUT2D eigenvalue weighted by molar-refractivity contribution is -0.135. The van der Waals surface area contributed by atoms with Crippen molar-refractivity contribution < 1.29 is 9.59 Å². The molecular formula is C16H20ClN3O2. The Morgan fingerprint density at radius 1 is 1.23 bits per heavy atom. The molecule has 0 radical (unpaired) electrons. The molecule has 3 aliphatic rings. The van der Waals surface area contributed by atoms with E-state index in [2.05, 4.69) is 5.32 Å². The second-order valence-corrected chi connectivity index (χ2v) is 6.09. The van der Waals surface area contributed by atoms with Crippen LogP contribution in [0.5, 0.6) is 0 Å². The minimum atomic E-state index is -0.0199. The number of carbonyl (C=O) groups excluding carboxylic acids is 2. The maximum atomic E-state index is 12.6. The third-order valence-corrected chi connectivity index (χ3v) is 4.59. The van der Waals surface area contributed by atoms with Gasteiger partial charge in [-0.15, -0.1) is 12.4 Å². The lowest BCUT2D eigenvalue weighted by Crippen LogP contribution is -2.52. The summed E-state index contributed by atoms with van der Waals surface area (Å²) in [4.78, 5) is 28.3. The highest BCUT2D eigenvalue weighted by Crippen LogP contribution is 2.28. The highest BCUT2D eigenvalue weighted by Gasteiger charge is 2.37. The molecule has 0 bridgehead atoms. The van der Waals surface area contributed by atoms with Crippen molar-refractivity contribution in [1.82, 2.24) is 9.80 Å². The summed E-state index contributed by atoms with van der Waals surface area (Å²) in [6.07, 6.45) is 3.21.